The van der Waals surface area contributed by atoms with E-state index in [9.17, 15) is 0 Å². The summed E-state index contributed by atoms with van der Waals surface area (Å²) in [5.74, 6) is 0. The maximum absolute atomic E-state index is 5.45. The summed E-state index contributed by atoms with van der Waals surface area (Å²) in [4.78, 5) is 0. The highest BCUT2D eigenvalue weighted by atomic mass is 28.3. The lowest BCUT2D eigenvalue weighted by atomic mass is 10.5. The van der Waals surface area contributed by atoms with Crippen molar-refractivity contribution >= 4 is 17.8 Å². The standard InChI is InChI=1S/C7H20OSi2/c1-7(2,9(4)5)10(6)8-3/h9-10H,1-6H3. The molecule has 0 rings (SSSR count). The van der Waals surface area contributed by atoms with Gasteiger partial charge in [-0.3, -0.25) is 0 Å². The van der Waals surface area contributed by atoms with E-state index >= 15 is 0 Å². The molecular formula is C7H20OSi2. The van der Waals surface area contributed by atoms with Crippen molar-refractivity contribution in [1.29, 1.82) is 0 Å². The van der Waals surface area contributed by atoms with Crippen LogP contribution in [-0.2, 0) is 4.43 Å². The largest absolute Gasteiger partial charge is 0.423 e. The Morgan fingerprint density at radius 2 is 1.50 bits per heavy atom. The Morgan fingerprint density at radius 1 is 1.10 bits per heavy atom. The SMILES string of the molecule is CO[SiH](C)C(C)(C)[SiH](C)C. The van der Waals surface area contributed by atoms with Crippen molar-refractivity contribution in [2.45, 2.75) is 38.2 Å². The van der Waals surface area contributed by atoms with Crippen molar-refractivity contribution in [3.05, 3.63) is 0 Å². The molecule has 0 saturated heterocycles. The molecule has 0 bridgehead atoms. The second kappa shape index (κ2) is 3.69. The van der Waals surface area contributed by atoms with Crippen molar-refractivity contribution in [3.8, 4) is 0 Å². The van der Waals surface area contributed by atoms with Gasteiger partial charge in [0.1, 0.15) is 0 Å². The van der Waals surface area contributed by atoms with Gasteiger partial charge in [0.2, 0.25) is 0 Å². The van der Waals surface area contributed by atoms with Gasteiger partial charge in [-0.25, -0.2) is 0 Å². The highest BCUT2D eigenvalue weighted by Crippen LogP contribution is 2.31. The quantitative estimate of drug-likeness (QED) is 0.596. The van der Waals surface area contributed by atoms with Crippen LogP contribution in [0.5, 0.6) is 0 Å². The molecule has 0 spiro atoms. The van der Waals surface area contributed by atoms with E-state index in [2.05, 4.69) is 33.5 Å². The van der Waals surface area contributed by atoms with Gasteiger partial charge in [0, 0.05) is 15.9 Å². The number of hydrogen-bond donors (Lipinski definition) is 0. The second-order valence-corrected chi connectivity index (χ2v) is 11.6. The zero-order valence-corrected chi connectivity index (χ0v) is 10.4. The van der Waals surface area contributed by atoms with Crippen LogP contribution < -0.4 is 0 Å². The Morgan fingerprint density at radius 3 is 1.60 bits per heavy atom. The van der Waals surface area contributed by atoms with Gasteiger partial charge in [0.15, 0.2) is 9.04 Å². The molecule has 1 unspecified atom stereocenters. The Kier molecular flexibility index (Phi) is 3.83. The Bertz CT molecular complexity index is 102. The first-order valence-corrected chi connectivity index (χ1v) is 9.04. The summed E-state index contributed by atoms with van der Waals surface area (Å²) < 4.78 is 6.01. The highest BCUT2D eigenvalue weighted by Gasteiger charge is 2.31. The Balaban J connectivity index is 4.09. The predicted molar refractivity (Wildman–Crippen MR) is 52.9 cm³/mol. The highest BCUT2D eigenvalue weighted by molar-refractivity contribution is 6.77. The fraction of sp³-hybridized carbons (Fsp3) is 1.00. The molecule has 10 heavy (non-hydrogen) atoms. The lowest BCUT2D eigenvalue weighted by molar-refractivity contribution is 0.409. The van der Waals surface area contributed by atoms with Crippen LogP contribution >= 0.6 is 0 Å². The zero-order chi connectivity index (χ0) is 8.36. The molecule has 0 aliphatic carbocycles. The van der Waals surface area contributed by atoms with Crippen molar-refractivity contribution < 1.29 is 4.43 Å². The number of hydrogen-bond acceptors (Lipinski definition) is 1. The summed E-state index contributed by atoms with van der Waals surface area (Å²) in [6.07, 6.45) is 0. The molecule has 1 atom stereocenters. The third-order valence-electron chi connectivity index (χ3n) is 2.89. The molecule has 3 heteroatoms. The zero-order valence-electron chi connectivity index (χ0n) is 8.06. The van der Waals surface area contributed by atoms with E-state index in [0.717, 1.165) is 0 Å². The molecular weight excluding hydrogens is 156 g/mol. The third kappa shape index (κ3) is 2.21. The van der Waals surface area contributed by atoms with Crippen LogP contribution in [0.2, 0.25) is 24.3 Å². The molecule has 0 saturated carbocycles. The van der Waals surface area contributed by atoms with E-state index in [1.165, 1.54) is 0 Å². The van der Waals surface area contributed by atoms with Gasteiger partial charge in [0.05, 0.1) is 0 Å². The van der Waals surface area contributed by atoms with Crippen LogP contribution in [0.1, 0.15) is 13.8 Å². The molecule has 0 heterocycles. The molecule has 0 aliphatic rings. The van der Waals surface area contributed by atoms with Crippen molar-refractivity contribution in [2.75, 3.05) is 7.11 Å². The van der Waals surface area contributed by atoms with E-state index in [1.807, 2.05) is 7.11 Å². The van der Waals surface area contributed by atoms with Gasteiger partial charge in [0.25, 0.3) is 0 Å². The fourth-order valence-corrected chi connectivity index (χ4v) is 5.54. The molecule has 0 radical (unpaired) electrons. The average Bonchev–Trinajstić information content (AvgIpc) is 1.86. The molecule has 0 fully saturated rings. The van der Waals surface area contributed by atoms with Gasteiger partial charge >= 0.3 is 0 Å². The summed E-state index contributed by atoms with van der Waals surface area (Å²) in [5, 5.41) is 0. The Labute approximate surface area is 68.1 Å². The summed E-state index contributed by atoms with van der Waals surface area (Å²) in [7, 11) is 0.452. The van der Waals surface area contributed by atoms with Crippen molar-refractivity contribution in [3.63, 3.8) is 0 Å². The maximum atomic E-state index is 5.45. The fourth-order valence-electron chi connectivity index (χ4n) is 0.773. The van der Waals surface area contributed by atoms with Crippen LogP contribution in [0.25, 0.3) is 0 Å². The maximum Gasteiger partial charge on any atom is 0.176 e. The minimum absolute atomic E-state index is 0.518. The molecule has 62 valence electrons. The lowest BCUT2D eigenvalue weighted by Crippen LogP contribution is -2.36. The molecule has 0 aromatic heterocycles. The number of rotatable bonds is 3. The summed E-state index contributed by atoms with van der Waals surface area (Å²) in [6.45, 7) is 11.8. The molecule has 0 amide bonds. The van der Waals surface area contributed by atoms with Crippen LogP contribution in [0.3, 0.4) is 0 Å². The molecule has 1 nitrogen and oxygen atoms in total. The molecule has 0 aliphatic heterocycles. The van der Waals surface area contributed by atoms with E-state index in [0.29, 0.717) is 4.66 Å². The minimum atomic E-state index is -0.887. The molecule has 0 aromatic carbocycles. The monoisotopic (exact) mass is 176 g/mol. The Hall–Kier alpha value is 0.394. The lowest BCUT2D eigenvalue weighted by Gasteiger charge is -2.32. The van der Waals surface area contributed by atoms with Crippen LogP contribution in [0, 0.1) is 0 Å². The van der Waals surface area contributed by atoms with Crippen molar-refractivity contribution in [2.24, 2.45) is 0 Å². The van der Waals surface area contributed by atoms with Gasteiger partial charge in [-0.05, 0) is 11.2 Å². The molecule has 0 aromatic rings. The van der Waals surface area contributed by atoms with Crippen LogP contribution in [0.15, 0.2) is 0 Å². The topological polar surface area (TPSA) is 9.23 Å². The van der Waals surface area contributed by atoms with Gasteiger partial charge in [-0.15, -0.1) is 0 Å². The van der Waals surface area contributed by atoms with Crippen molar-refractivity contribution in [1.82, 2.24) is 0 Å². The smallest absolute Gasteiger partial charge is 0.176 e. The first kappa shape index (κ1) is 10.4. The first-order valence-electron chi connectivity index (χ1n) is 3.95. The van der Waals surface area contributed by atoms with E-state index in [-0.39, 0.29) is 0 Å². The van der Waals surface area contributed by atoms with Gasteiger partial charge < -0.3 is 4.43 Å². The van der Waals surface area contributed by atoms with E-state index in [4.69, 9.17) is 4.43 Å². The van der Waals surface area contributed by atoms with Gasteiger partial charge in [-0.2, -0.15) is 0 Å². The molecule has 0 N–H and O–H groups in total. The van der Waals surface area contributed by atoms with E-state index in [1.54, 1.807) is 0 Å². The minimum Gasteiger partial charge on any atom is -0.423 e. The first-order chi connectivity index (χ1) is 4.42. The summed E-state index contributed by atoms with van der Waals surface area (Å²) >= 11 is 0. The second-order valence-electron chi connectivity index (χ2n) is 3.85. The predicted octanol–water partition coefficient (Wildman–Crippen LogP) is 1.79. The average molecular weight is 176 g/mol. The third-order valence-corrected chi connectivity index (χ3v) is 12.1. The van der Waals surface area contributed by atoms with E-state index < -0.39 is 17.8 Å². The van der Waals surface area contributed by atoms with Gasteiger partial charge in [-0.1, -0.05) is 26.9 Å². The summed E-state index contributed by atoms with van der Waals surface area (Å²) in [5.41, 5.74) is 0. The summed E-state index contributed by atoms with van der Waals surface area (Å²) in [6, 6.07) is 0. The van der Waals surface area contributed by atoms with Crippen LogP contribution in [-0.4, -0.2) is 24.9 Å². The van der Waals surface area contributed by atoms with Crippen LogP contribution in [0.4, 0.5) is 0 Å². The normalized spacial score (nSPS) is 15.9.